The number of hydrogen-bond donors (Lipinski definition) is 1. The van der Waals surface area contributed by atoms with Gasteiger partial charge in [0.1, 0.15) is 17.5 Å². The SMILES string of the molecule is C[C@H](CO)N1C[C@H](C)[C@H](CN(C)C(=O)C2CCCCC2)Oc2ncc(-c3ccccc3F)cc2C1=O. The Hall–Kier alpha value is -3.00. The number of carbonyl (C=O) groups is 2. The van der Waals surface area contributed by atoms with Crippen LogP contribution in [0, 0.1) is 17.7 Å². The Morgan fingerprint density at radius 2 is 1.97 bits per heavy atom. The van der Waals surface area contributed by atoms with Crippen molar-refractivity contribution in [2.24, 2.45) is 11.8 Å². The molecule has 1 aliphatic heterocycles. The average molecular weight is 498 g/mol. The van der Waals surface area contributed by atoms with Gasteiger partial charge in [0.25, 0.3) is 5.91 Å². The van der Waals surface area contributed by atoms with Gasteiger partial charge in [0, 0.05) is 42.8 Å². The molecule has 1 aliphatic carbocycles. The number of pyridine rings is 1. The number of aliphatic hydroxyl groups excluding tert-OH is 1. The highest BCUT2D eigenvalue weighted by Crippen LogP contribution is 2.32. The molecule has 2 aliphatic rings. The van der Waals surface area contributed by atoms with Crippen LogP contribution in [-0.2, 0) is 4.79 Å². The van der Waals surface area contributed by atoms with Crippen molar-refractivity contribution < 1.29 is 23.8 Å². The molecule has 0 bridgehead atoms. The van der Waals surface area contributed by atoms with E-state index in [0.29, 0.717) is 24.2 Å². The summed E-state index contributed by atoms with van der Waals surface area (Å²) in [5, 5.41) is 9.86. The van der Waals surface area contributed by atoms with Crippen molar-refractivity contribution in [3.05, 3.63) is 47.9 Å². The number of carbonyl (C=O) groups excluding carboxylic acids is 2. The summed E-state index contributed by atoms with van der Waals surface area (Å²) >= 11 is 0. The highest BCUT2D eigenvalue weighted by molar-refractivity contribution is 5.98. The van der Waals surface area contributed by atoms with Crippen LogP contribution in [0.15, 0.2) is 36.5 Å². The molecular formula is C28H36FN3O4. The molecule has 4 rings (SSSR count). The quantitative estimate of drug-likeness (QED) is 0.649. The van der Waals surface area contributed by atoms with Gasteiger partial charge in [0.05, 0.1) is 19.2 Å². The average Bonchev–Trinajstić information content (AvgIpc) is 2.90. The fourth-order valence-electron chi connectivity index (χ4n) is 5.18. The number of ether oxygens (including phenoxy) is 1. The number of fused-ring (bicyclic) bond motifs is 1. The normalized spacial score (nSPS) is 21.7. The van der Waals surface area contributed by atoms with Gasteiger partial charge in [-0.15, -0.1) is 0 Å². The molecule has 7 nitrogen and oxygen atoms in total. The summed E-state index contributed by atoms with van der Waals surface area (Å²) in [6.07, 6.45) is 6.28. The van der Waals surface area contributed by atoms with E-state index >= 15 is 0 Å². The zero-order valence-electron chi connectivity index (χ0n) is 21.3. The number of amides is 2. The van der Waals surface area contributed by atoms with Crippen molar-refractivity contribution in [1.82, 2.24) is 14.8 Å². The highest BCUT2D eigenvalue weighted by atomic mass is 19.1. The van der Waals surface area contributed by atoms with E-state index in [1.54, 1.807) is 48.0 Å². The summed E-state index contributed by atoms with van der Waals surface area (Å²) in [6.45, 7) is 4.28. The predicted molar refractivity (Wildman–Crippen MR) is 135 cm³/mol. The van der Waals surface area contributed by atoms with E-state index in [0.717, 1.165) is 25.7 Å². The van der Waals surface area contributed by atoms with Crippen LogP contribution < -0.4 is 4.74 Å². The predicted octanol–water partition coefficient (Wildman–Crippen LogP) is 4.15. The molecule has 8 heteroatoms. The molecule has 1 N–H and O–H groups in total. The molecule has 3 atom stereocenters. The van der Waals surface area contributed by atoms with Gasteiger partial charge in [-0.05, 0) is 31.9 Å². The number of likely N-dealkylation sites (N-methyl/N-ethyl adjacent to an activating group) is 1. The third kappa shape index (κ3) is 5.53. The Labute approximate surface area is 212 Å². The van der Waals surface area contributed by atoms with Crippen LogP contribution in [0.2, 0.25) is 0 Å². The number of rotatable bonds is 6. The van der Waals surface area contributed by atoms with Gasteiger partial charge in [0.15, 0.2) is 0 Å². The van der Waals surface area contributed by atoms with Crippen molar-refractivity contribution in [1.29, 1.82) is 0 Å². The lowest BCUT2D eigenvalue weighted by Crippen LogP contribution is -2.51. The molecule has 1 fully saturated rings. The first kappa shape index (κ1) is 26.1. The van der Waals surface area contributed by atoms with E-state index in [9.17, 15) is 19.1 Å². The molecule has 36 heavy (non-hydrogen) atoms. The van der Waals surface area contributed by atoms with Crippen molar-refractivity contribution >= 4 is 11.8 Å². The molecule has 194 valence electrons. The molecule has 0 saturated heterocycles. The van der Waals surface area contributed by atoms with E-state index in [4.69, 9.17) is 4.74 Å². The smallest absolute Gasteiger partial charge is 0.259 e. The van der Waals surface area contributed by atoms with Gasteiger partial charge >= 0.3 is 0 Å². The number of nitrogens with zero attached hydrogens (tertiary/aromatic N) is 3. The van der Waals surface area contributed by atoms with Crippen molar-refractivity contribution in [3.8, 4) is 17.0 Å². The van der Waals surface area contributed by atoms with Crippen molar-refractivity contribution in [2.45, 2.75) is 58.1 Å². The number of benzene rings is 1. The Kier molecular flexibility index (Phi) is 8.24. The second-order valence-electron chi connectivity index (χ2n) is 10.2. The summed E-state index contributed by atoms with van der Waals surface area (Å²) in [6, 6.07) is 7.51. The lowest BCUT2D eigenvalue weighted by Gasteiger charge is -2.38. The molecule has 0 radical (unpaired) electrons. The lowest BCUT2D eigenvalue weighted by atomic mass is 9.88. The van der Waals surface area contributed by atoms with Crippen LogP contribution in [0.3, 0.4) is 0 Å². The molecule has 0 spiro atoms. The third-order valence-electron chi connectivity index (χ3n) is 7.49. The van der Waals surface area contributed by atoms with E-state index in [1.807, 2.05) is 6.92 Å². The molecule has 2 amide bonds. The lowest BCUT2D eigenvalue weighted by molar-refractivity contribution is -0.136. The van der Waals surface area contributed by atoms with Crippen LogP contribution >= 0.6 is 0 Å². The summed E-state index contributed by atoms with van der Waals surface area (Å²) in [5.41, 5.74) is 1.02. The molecule has 1 aromatic carbocycles. The molecule has 2 heterocycles. The number of aromatic nitrogens is 1. The van der Waals surface area contributed by atoms with Gasteiger partial charge in [0.2, 0.25) is 11.8 Å². The van der Waals surface area contributed by atoms with Gasteiger partial charge in [-0.1, -0.05) is 44.4 Å². The van der Waals surface area contributed by atoms with Gasteiger partial charge in [-0.3, -0.25) is 9.59 Å². The third-order valence-corrected chi connectivity index (χ3v) is 7.49. The van der Waals surface area contributed by atoms with E-state index in [-0.39, 0.29) is 41.7 Å². The first-order valence-electron chi connectivity index (χ1n) is 12.9. The first-order chi connectivity index (χ1) is 17.3. The summed E-state index contributed by atoms with van der Waals surface area (Å²) in [5.74, 6) is -0.514. The Bertz CT molecular complexity index is 1090. The minimum absolute atomic E-state index is 0.0498. The zero-order chi connectivity index (χ0) is 25.8. The number of hydrogen-bond acceptors (Lipinski definition) is 5. The maximum atomic E-state index is 14.5. The standard InChI is InChI=1S/C28H36FN3O4/c1-18-15-32(19(2)17-33)28(35)23-13-21(22-11-7-8-12-24(22)29)14-30-26(23)36-25(18)16-31(3)27(34)20-9-5-4-6-10-20/h7-8,11-14,18-20,25,33H,4-6,9-10,15-17H2,1-3H3/t18-,19+,25-/m0/s1. The fraction of sp³-hybridized carbons (Fsp3) is 0.536. The second-order valence-corrected chi connectivity index (χ2v) is 10.2. The zero-order valence-corrected chi connectivity index (χ0v) is 21.3. The number of halogens is 1. The maximum Gasteiger partial charge on any atom is 0.259 e. The van der Waals surface area contributed by atoms with E-state index in [2.05, 4.69) is 4.98 Å². The molecule has 0 unspecified atom stereocenters. The van der Waals surface area contributed by atoms with Crippen LogP contribution in [0.1, 0.15) is 56.3 Å². The van der Waals surface area contributed by atoms with Crippen molar-refractivity contribution in [2.75, 3.05) is 26.7 Å². The largest absolute Gasteiger partial charge is 0.472 e. The van der Waals surface area contributed by atoms with E-state index < -0.39 is 18.0 Å². The monoisotopic (exact) mass is 497 g/mol. The van der Waals surface area contributed by atoms with E-state index in [1.165, 1.54) is 18.7 Å². The Morgan fingerprint density at radius 1 is 1.25 bits per heavy atom. The molecular weight excluding hydrogens is 461 g/mol. The van der Waals surface area contributed by atoms with Gasteiger partial charge < -0.3 is 19.6 Å². The van der Waals surface area contributed by atoms with Crippen LogP contribution in [0.25, 0.3) is 11.1 Å². The Morgan fingerprint density at radius 3 is 2.67 bits per heavy atom. The van der Waals surface area contributed by atoms with Crippen LogP contribution in [0.5, 0.6) is 5.88 Å². The summed E-state index contributed by atoms with van der Waals surface area (Å²) in [4.78, 5) is 34.5. The second kappa shape index (κ2) is 11.4. The van der Waals surface area contributed by atoms with Crippen LogP contribution in [0.4, 0.5) is 4.39 Å². The Balaban J connectivity index is 1.66. The summed E-state index contributed by atoms with van der Waals surface area (Å²) < 4.78 is 20.8. The van der Waals surface area contributed by atoms with Gasteiger partial charge in [-0.25, -0.2) is 9.37 Å². The van der Waals surface area contributed by atoms with Gasteiger partial charge in [-0.2, -0.15) is 0 Å². The van der Waals surface area contributed by atoms with Crippen molar-refractivity contribution in [3.63, 3.8) is 0 Å². The summed E-state index contributed by atoms with van der Waals surface area (Å²) in [7, 11) is 1.81. The number of aliphatic hydroxyl groups is 1. The molecule has 1 aromatic heterocycles. The first-order valence-corrected chi connectivity index (χ1v) is 12.9. The highest BCUT2D eigenvalue weighted by Gasteiger charge is 2.35. The minimum atomic E-state index is -0.426. The fourth-order valence-corrected chi connectivity index (χ4v) is 5.18. The maximum absolute atomic E-state index is 14.5. The minimum Gasteiger partial charge on any atom is -0.472 e. The topological polar surface area (TPSA) is 83.0 Å². The molecule has 2 aromatic rings. The molecule has 1 saturated carbocycles. The van der Waals surface area contributed by atoms with Crippen LogP contribution in [-0.4, -0.2) is 70.6 Å².